The van der Waals surface area contributed by atoms with Gasteiger partial charge in [0.05, 0.1) is 6.61 Å². The Hall–Kier alpha value is -1.81. The van der Waals surface area contributed by atoms with Gasteiger partial charge in [0.15, 0.2) is 0 Å². The Morgan fingerprint density at radius 2 is 2.17 bits per heavy atom. The van der Waals surface area contributed by atoms with Crippen LogP contribution in [0.15, 0.2) is 27.4 Å². The lowest BCUT2D eigenvalue weighted by molar-refractivity contribution is 0.261. The van der Waals surface area contributed by atoms with E-state index < -0.39 is 0 Å². The quantitative estimate of drug-likeness (QED) is 0.615. The zero-order valence-electron chi connectivity index (χ0n) is 10.4. The summed E-state index contributed by atoms with van der Waals surface area (Å²) in [4.78, 5) is 11.4. The summed E-state index contributed by atoms with van der Waals surface area (Å²) in [6.07, 6.45) is 0.213. The average molecular weight is 246 g/mol. The molecule has 0 spiro atoms. The maximum atomic E-state index is 11.4. The van der Waals surface area contributed by atoms with Crippen LogP contribution in [0.25, 0.3) is 11.0 Å². The van der Waals surface area contributed by atoms with Crippen molar-refractivity contribution in [3.8, 4) is 5.75 Å². The molecule has 2 heterocycles. The van der Waals surface area contributed by atoms with Crippen LogP contribution in [-0.2, 0) is 4.74 Å². The Morgan fingerprint density at radius 3 is 2.89 bits per heavy atom. The summed E-state index contributed by atoms with van der Waals surface area (Å²) in [7, 11) is 0. The molecule has 1 aliphatic rings. The first kappa shape index (κ1) is 11.3. The molecule has 0 saturated carbocycles. The largest absolute Gasteiger partial charge is 0.490 e. The Kier molecular flexibility index (Phi) is 2.59. The molecule has 0 radical (unpaired) electrons. The van der Waals surface area contributed by atoms with Gasteiger partial charge in [-0.25, -0.2) is 4.79 Å². The van der Waals surface area contributed by atoms with Crippen LogP contribution in [0.5, 0.6) is 5.75 Å². The molecule has 1 fully saturated rings. The van der Waals surface area contributed by atoms with Gasteiger partial charge < -0.3 is 13.9 Å². The molecule has 4 heteroatoms. The third kappa shape index (κ3) is 1.99. The normalized spacial score (nSPS) is 18.0. The van der Waals surface area contributed by atoms with E-state index in [0.717, 1.165) is 28.9 Å². The van der Waals surface area contributed by atoms with Gasteiger partial charge in [0.25, 0.3) is 0 Å². The summed E-state index contributed by atoms with van der Waals surface area (Å²) < 4.78 is 16.0. The lowest BCUT2D eigenvalue weighted by atomic mass is 10.1. The molecular weight excluding hydrogens is 232 g/mol. The standard InChI is InChI=1S/C14H14O4/c1-8-5-13(15)18-14-9(2)12(4-3-11(8)14)17-7-10-6-16-10/h3-5,10H,6-7H2,1-2H3. The van der Waals surface area contributed by atoms with E-state index in [9.17, 15) is 4.79 Å². The molecular formula is C14H14O4. The average Bonchev–Trinajstić information content (AvgIpc) is 3.13. The molecule has 0 aliphatic carbocycles. The van der Waals surface area contributed by atoms with Crippen molar-refractivity contribution in [1.82, 2.24) is 0 Å². The molecule has 0 bridgehead atoms. The number of rotatable bonds is 3. The highest BCUT2D eigenvalue weighted by molar-refractivity contribution is 5.84. The van der Waals surface area contributed by atoms with E-state index in [4.69, 9.17) is 13.9 Å². The van der Waals surface area contributed by atoms with E-state index >= 15 is 0 Å². The number of aryl methyl sites for hydroxylation is 2. The smallest absolute Gasteiger partial charge is 0.336 e. The fourth-order valence-corrected chi connectivity index (χ4v) is 2.00. The molecule has 1 unspecified atom stereocenters. The second-order valence-electron chi connectivity index (χ2n) is 4.58. The first-order valence-electron chi connectivity index (χ1n) is 5.93. The molecule has 0 N–H and O–H groups in total. The number of hydrogen-bond donors (Lipinski definition) is 0. The van der Waals surface area contributed by atoms with Crippen LogP contribution in [0, 0.1) is 13.8 Å². The number of fused-ring (bicyclic) bond motifs is 1. The van der Waals surface area contributed by atoms with Crippen molar-refractivity contribution in [1.29, 1.82) is 0 Å². The van der Waals surface area contributed by atoms with Gasteiger partial charge in [0, 0.05) is 17.0 Å². The summed E-state index contributed by atoms with van der Waals surface area (Å²) in [6, 6.07) is 5.33. The zero-order chi connectivity index (χ0) is 12.7. The van der Waals surface area contributed by atoms with E-state index in [0.29, 0.717) is 12.2 Å². The summed E-state index contributed by atoms with van der Waals surface area (Å²) >= 11 is 0. The summed E-state index contributed by atoms with van der Waals surface area (Å²) in [5.41, 5.74) is 2.05. The predicted octanol–water partition coefficient (Wildman–Crippen LogP) is 2.19. The van der Waals surface area contributed by atoms with Crippen LogP contribution in [0.2, 0.25) is 0 Å². The van der Waals surface area contributed by atoms with E-state index in [1.807, 2.05) is 26.0 Å². The van der Waals surface area contributed by atoms with Gasteiger partial charge in [0.1, 0.15) is 24.0 Å². The zero-order valence-corrected chi connectivity index (χ0v) is 10.4. The van der Waals surface area contributed by atoms with Crippen molar-refractivity contribution < 1.29 is 13.9 Å². The maximum absolute atomic E-state index is 11.4. The van der Waals surface area contributed by atoms with Crippen LogP contribution in [-0.4, -0.2) is 19.3 Å². The van der Waals surface area contributed by atoms with Crippen molar-refractivity contribution >= 4 is 11.0 Å². The van der Waals surface area contributed by atoms with Crippen molar-refractivity contribution in [3.05, 3.63) is 39.7 Å². The lowest BCUT2D eigenvalue weighted by Crippen LogP contribution is -2.06. The van der Waals surface area contributed by atoms with Gasteiger partial charge in [0.2, 0.25) is 0 Å². The third-order valence-corrected chi connectivity index (χ3v) is 3.15. The minimum absolute atomic E-state index is 0.213. The van der Waals surface area contributed by atoms with Crippen LogP contribution in [0.4, 0.5) is 0 Å². The SMILES string of the molecule is Cc1cc(=O)oc2c(C)c(OCC3CO3)ccc12. The first-order valence-corrected chi connectivity index (χ1v) is 5.93. The fraction of sp³-hybridized carbons (Fsp3) is 0.357. The minimum atomic E-state index is -0.328. The Morgan fingerprint density at radius 1 is 1.39 bits per heavy atom. The Bertz CT molecular complexity index is 653. The van der Waals surface area contributed by atoms with Crippen molar-refractivity contribution in [2.75, 3.05) is 13.2 Å². The monoisotopic (exact) mass is 246 g/mol. The third-order valence-electron chi connectivity index (χ3n) is 3.15. The number of benzene rings is 1. The van der Waals surface area contributed by atoms with E-state index in [2.05, 4.69) is 0 Å². The lowest BCUT2D eigenvalue weighted by Gasteiger charge is -2.10. The van der Waals surface area contributed by atoms with Crippen LogP contribution < -0.4 is 10.4 Å². The Balaban J connectivity index is 2.06. The van der Waals surface area contributed by atoms with Gasteiger partial charge >= 0.3 is 5.63 Å². The van der Waals surface area contributed by atoms with Crippen molar-refractivity contribution in [2.45, 2.75) is 20.0 Å². The molecule has 1 aromatic heterocycles. The number of hydrogen-bond acceptors (Lipinski definition) is 4. The molecule has 0 amide bonds. The summed E-state index contributed by atoms with van der Waals surface area (Å²) in [5.74, 6) is 0.742. The molecule has 1 aromatic carbocycles. The van der Waals surface area contributed by atoms with Gasteiger partial charge in [-0.2, -0.15) is 0 Å². The number of epoxide rings is 1. The highest BCUT2D eigenvalue weighted by Gasteiger charge is 2.23. The predicted molar refractivity (Wildman–Crippen MR) is 67.2 cm³/mol. The molecule has 94 valence electrons. The van der Waals surface area contributed by atoms with Gasteiger partial charge in [-0.1, -0.05) is 0 Å². The van der Waals surface area contributed by atoms with Crippen molar-refractivity contribution in [2.24, 2.45) is 0 Å². The molecule has 1 atom stereocenters. The summed E-state index contributed by atoms with van der Waals surface area (Å²) in [5, 5.41) is 0.946. The highest BCUT2D eigenvalue weighted by Crippen LogP contribution is 2.28. The van der Waals surface area contributed by atoms with Gasteiger partial charge in [-0.15, -0.1) is 0 Å². The fourth-order valence-electron chi connectivity index (χ4n) is 2.00. The first-order chi connectivity index (χ1) is 8.65. The molecule has 1 saturated heterocycles. The van der Waals surface area contributed by atoms with E-state index in [1.54, 1.807) is 0 Å². The Labute approximate surface area is 104 Å². The maximum Gasteiger partial charge on any atom is 0.336 e. The molecule has 18 heavy (non-hydrogen) atoms. The van der Waals surface area contributed by atoms with Gasteiger partial charge in [-0.3, -0.25) is 0 Å². The van der Waals surface area contributed by atoms with Crippen molar-refractivity contribution in [3.63, 3.8) is 0 Å². The second kappa shape index (κ2) is 4.14. The molecule has 3 rings (SSSR count). The van der Waals surface area contributed by atoms with E-state index in [1.165, 1.54) is 6.07 Å². The van der Waals surface area contributed by atoms with Crippen LogP contribution in [0.1, 0.15) is 11.1 Å². The highest BCUT2D eigenvalue weighted by atomic mass is 16.6. The molecule has 1 aliphatic heterocycles. The summed E-state index contributed by atoms with van der Waals surface area (Å²) in [6.45, 7) is 5.11. The van der Waals surface area contributed by atoms with E-state index in [-0.39, 0.29) is 11.7 Å². The van der Waals surface area contributed by atoms with Gasteiger partial charge in [-0.05, 0) is 31.5 Å². The second-order valence-corrected chi connectivity index (χ2v) is 4.58. The minimum Gasteiger partial charge on any atom is -0.490 e. The topological polar surface area (TPSA) is 52.0 Å². The number of ether oxygens (including phenoxy) is 2. The molecule has 2 aromatic rings. The van der Waals surface area contributed by atoms with Crippen LogP contribution in [0.3, 0.4) is 0 Å². The van der Waals surface area contributed by atoms with Crippen LogP contribution >= 0.6 is 0 Å². The molecule has 4 nitrogen and oxygen atoms in total.